The summed E-state index contributed by atoms with van der Waals surface area (Å²) < 4.78 is 0. The normalized spacial score (nSPS) is 11.4. The zero-order valence-corrected chi connectivity index (χ0v) is 10.5. The molecule has 0 aliphatic rings. The summed E-state index contributed by atoms with van der Waals surface area (Å²) in [7, 11) is 0. The number of hydrogen-bond donors (Lipinski definition) is 2. The molecular formula is C13H9ClN4O. The van der Waals surface area contributed by atoms with Crippen LogP contribution in [0.3, 0.4) is 0 Å². The number of nitrogens with one attached hydrogen (secondary N) is 1. The molecule has 19 heavy (non-hydrogen) atoms. The topological polar surface area (TPSA) is 73.6 Å². The van der Waals surface area contributed by atoms with Crippen LogP contribution in [-0.2, 0) is 0 Å². The number of hydrogen-bond acceptors (Lipinski definition) is 4. The summed E-state index contributed by atoms with van der Waals surface area (Å²) in [5.74, 6) is 0.426. The number of azo groups is 1. The van der Waals surface area contributed by atoms with Crippen molar-refractivity contribution < 1.29 is 5.11 Å². The van der Waals surface area contributed by atoms with Crippen LogP contribution in [0.25, 0.3) is 10.9 Å². The van der Waals surface area contributed by atoms with Crippen LogP contribution in [0.4, 0.5) is 11.5 Å². The van der Waals surface area contributed by atoms with Gasteiger partial charge in [0, 0.05) is 16.6 Å². The maximum absolute atomic E-state index is 9.83. The van der Waals surface area contributed by atoms with Crippen molar-refractivity contribution in [2.24, 2.45) is 10.2 Å². The molecule has 2 aromatic heterocycles. The zero-order valence-electron chi connectivity index (χ0n) is 9.71. The van der Waals surface area contributed by atoms with E-state index in [2.05, 4.69) is 20.2 Å². The van der Waals surface area contributed by atoms with Gasteiger partial charge >= 0.3 is 0 Å². The first-order chi connectivity index (χ1) is 9.24. The summed E-state index contributed by atoms with van der Waals surface area (Å²) in [5.41, 5.74) is 1.10. The van der Waals surface area contributed by atoms with Crippen molar-refractivity contribution in [1.82, 2.24) is 9.97 Å². The van der Waals surface area contributed by atoms with Crippen LogP contribution in [0.5, 0.6) is 5.88 Å². The molecule has 3 rings (SSSR count). The highest BCUT2D eigenvalue weighted by atomic mass is 35.5. The van der Waals surface area contributed by atoms with E-state index in [9.17, 15) is 5.11 Å². The van der Waals surface area contributed by atoms with E-state index in [0.717, 1.165) is 5.52 Å². The Morgan fingerprint density at radius 2 is 2.05 bits per heavy atom. The minimum atomic E-state index is -0.0445. The third-order valence-corrected chi connectivity index (χ3v) is 2.85. The lowest BCUT2D eigenvalue weighted by atomic mass is 10.2. The van der Waals surface area contributed by atoms with Crippen molar-refractivity contribution in [3.05, 3.63) is 47.6 Å². The number of nitrogens with zero attached hydrogens (tertiary/aromatic N) is 3. The molecule has 2 N–H and O–H groups in total. The second kappa shape index (κ2) is 4.70. The Kier molecular flexibility index (Phi) is 2.89. The highest BCUT2D eigenvalue weighted by molar-refractivity contribution is 6.31. The number of H-pyrrole nitrogens is 1. The average molecular weight is 273 g/mol. The minimum Gasteiger partial charge on any atom is -0.493 e. The number of halogens is 1. The van der Waals surface area contributed by atoms with Crippen molar-refractivity contribution >= 4 is 34.0 Å². The Morgan fingerprint density at radius 1 is 1.16 bits per heavy atom. The Balaban J connectivity index is 2.07. The molecular weight excluding hydrogens is 264 g/mol. The Hall–Kier alpha value is -2.40. The van der Waals surface area contributed by atoms with Crippen molar-refractivity contribution in [1.29, 1.82) is 0 Å². The summed E-state index contributed by atoms with van der Waals surface area (Å²) >= 11 is 5.94. The smallest absolute Gasteiger partial charge is 0.218 e. The monoisotopic (exact) mass is 272 g/mol. The molecule has 0 aliphatic heterocycles. The van der Waals surface area contributed by atoms with E-state index in [1.54, 1.807) is 36.5 Å². The second-order valence-electron chi connectivity index (χ2n) is 3.90. The van der Waals surface area contributed by atoms with E-state index < -0.39 is 0 Å². The van der Waals surface area contributed by atoms with Crippen LogP contribution in [0.1, 0.15) is 0 Å². The molecule has 6 heteroatoms. The minimum absolute atomic E-state index is 0.0445. The average Bonchev–Trinajstić information content (AvgIpc) is 2.73. The van der Waals surface area contributed by atoms with E-state index in [4.69, 9.17) is 11.6 Å². The largest absolute Gasteiger partial charge is 0.493 e. The molecule has 0 bridgehead atoms. The maximum Gasteiger partial charge on any atom is 0.218 e. The van der Waals surface area contributed by atoms with Gasteiger partial charge in [0.05, 0.1) is 5.52 Å². The summed E-state index contributed by atoms with van der Waals surface area (Å²) in [5, 5.41) is 19.1. The van der Waals surface area contributed by atoms with Crippen LogP contribution < -0.4 is 0 Å². The first-order valence-corrected chi connectivity index (χ1v) is 5.95. The van der Waals surface area contributed by atoms with Gasteiger partial charge in [-0.25, -0.2) is 4.98 Å². The summed E-state index contributed by atoms with van der Waals surface area (Å²) in [6, 6.07) is 10.6. The van der Waals surface area contributed by atoms with Crippen molar-refractivity contribution in [2.75, 3.05) is 0 Å². The SMILES string of the molecule is Oc1[nH]c2ccc(Cl)cc2c1N=Nc1ccccn1. The van der Waals surface area contributed by atoms with Gasteiger partial charge in [-0.2, -0.15) is 0 Å². The molecule has 0 saturated carbocycles. The molecule has 0 amide bonds. The lowest BCUT2D eigenvalue weighted by Gasteiger charge is -1.93. The third kappa shape index (κ3) is 2.28. The van der Waals surface area contributed by atoms with Crippen LogP contribution in [0, 0.1) is 0 Å². The van der Waals surface area contributed by atoms with Crippen LogP contribution in [0.2, 0.25) is 5.02 Å². The fraction of sp³-hybridized carbons (Fsp3) is 0. The van der Waals surface area contributed by atoms with Crippen molar-refractivity contribution in [3.63, 3.8) is 0 Å². The highest BCUT2D eigenvalue weighted by Gasteiger charge is 2.10. The van der Waals surface area contributed by atoms with Crippen molar-refractivity contribution in [2.45, 2.75) is 0 Å². The molecule has 0 aliphatic carbocycles. The maximum atomic E-state index is 9.83. The summed E-state index contributed by atoms with van der Waals surface area (Å²) in [6.45, 7) is 0. The van der Waals surface area contributed by atoms with Gasteiger partial charge in [0.1, 0.15) is 0 Å². The fourth-order valence-electron chi connectivity index (χ4n) is 1.75. The van der Waals surface area contributed by atoms with Crippen LogP contribution in [0.15, 0.2) is 52.8 Å². The number of aromatic nitrogens is 2. The first kappa shape index (κ1) is 11.7. The van der Waals surface area contributed by atoms with E-state index in [1.165, 1.54) is 0 Å². The van der Waals surface area contributed by atoms with Gasteiger partial charge in [-0.15, -0.1) is 10.2 Å². The molecule has 94 valence electrons. The molecule has 0 saturated heterocycles. The summed E-state index contributed by atoms with van der Waals surface area (Å²) in [4.78, 5) is 6.84. The number of aromatic amines is 1. The molecule has 0 fully saturated rings. The third-order valence-electron chi connectivity index (χ3n) is 2.62. The van der Waals surface area contributed by atoms with Gasteiger partial charge in [0.25, 0.3) is 0 Å². The van der Waals surface area contributed by atoms with E-state index >= 15 is 0 Å². The number of benzene rings is 1. The van der Waals surface area contributed by atoms with Crippen molar-refractivity contribution in [3.8, 4) is 5.88 Å². The Labute approximate surface area is 113 Å². The number of pyridine rings is 1. The van der Waals surface area contributed by atoms with E-state index in [0.29, 0.717) is 21.9 Å². The molecule has 3 aromatic rings. The lowest BCUT2D eigenvalue weighted by molar-refractivity contribution is 0.459. The first-order valence-electron chi connectivity index (χ1n) is 5.57. The number of fused-ring (bicyclic) bond motifs is 1. The van der Waals surface area contributed by atoms with Gasteiger partial charge in [0.2, 0.25) is 5.88 Å². The Bertz CT molecular complexity index is 752. The lowest BCUT2D eigenvalue weighted by Crippen LogP contribution is -1.69. The van der Waals surface area contributed by atoms with E-state index in [-0.39, 0.29) is 5.88 Å². The molecule has 5 nitrogen and oxygen atoms in total. The highest BCUT2D eigenvalue weighted by Crippen LogP contribution is 2.37. The van der Waals surface area contributed by atoms with Gasteiger partial charge in [-0.1, -0.05) is 17.7 Å². The predicted molar refractivity (Wildman–Crippen MR) is 73.4 cm³/mol. The number of rotatable bonds is 2. The molecule has 0 spiro atoms. The molecule has 1 aromatic carbocycles. The van der Waals surface area contributed by atoms with E-state index in [1.807, 2.05) is 6.07 Å². The van der Waals surface area contributed by atoms with Gasteiger partial charge in [0.15, 0.2) is 11.5 Å². The fourth-order valence-corrected chi connectivity index (χ4v) is 1.92. The van der Waals surface area contributed by atoms with Gasteiger partial charge < -0.3 is 10.1 Å². The van der Waals surface area contributed by atoms with Gasteiger partial charge in [-0.05, 0) is 30.3 Å². The molecule has 0 unspecified atom stereocenters. The molecule has 2 heterocycles. The quantitative estimate of drug-likeness (QED) is 0.681. The zero-order chi connectivity index (χ0) is 13.2. The predicted octanol–water partition coefficient (Wildman–Crippen LogP) is 4.34. The summed E-state index contributed by atoms with van der Waals surface area (Å²) in [6.07, 6.45) is 1.63. The second-order valence-corrected chi connectivity index (χ2v) is 4.34. The van der Waals surface area contributed by atoms with Gasteiger partial charge in [-0.3, -0.25) is 0 Å². The van der Waals surface area contributed by atoms with Crippen LogP contribution in [-0.4, -0.2) is 15.1 Å². The van der Waals surface area contributed by atoms with Crippen LogP contribution >= 0.6 is 11.6 Å². The molecule has 0 radical (unpaired) electrons. The standard InChI is InChI=1S/C13H9ClN4O/c14-8-4-5-10-9(7-8)12(13(19)16-10)18-17-11-3-1-2-6-15-11/h1-7,16,19H. The Morgan fingerprint density at radius 3 is 2.84 bits per heavy atom. The number of aromatic hydroxyl groups is 1. The molecule has 0 atom stereocenters.